The van der Waals surface area contributed by atoms with Gasteiger partial charge in [0.2, 0.25) is 5.91 Å². The number of ether oxygens (including phenoxy) is 1. The van der Waals surface area contributed by atoms with Gasteiger partial charge in [0.15, 0.2) is 0 Å². The Balaban J connectivity index is 1.60. The van der Waals surface area contributed by atoms with E-state index in [0.717, 1.165) is 43.4 Å². The van der Waals surface area contributed by atoms with E-state index in [-0.39, 0.29) is 11.9 Å². The first-order chi connectivity index (χ1) is 19.0. The molecule has 1 aromatic heterocycles. The molecule has 39 heavy (non-hydrogen) atoms. The summed E-state index contributed by atoms with van der Waals surface area (Å²) in [5.74, 6) is -0.701. The lowest BCUT2D eigenvalue weighted by Crippen LogP contribution is -2.47. The summed E-state index contributed by atoms with van der Waals surface area (Å²) in [6.45, 7) is 0. The predicted octanol–water partition coefficient (Wildman–Crippen LogP) is 6.67. The summed E-state index contributed by atoms with van der Waals surface area (Å²) in [5.41, 5.74) is 2.97. The molecular formula is C32H32FN3O3. The Kier molecular flexibility index (Phi) is 8.06. The lowest BCUT2D eigenvalue weighted by molar-refractivity contribution is -0.123. The maximum atomic E-state index is 14.3. The van der Waals surface area contributed by atoms with Crippen molar-refractivity contribution >= 4 is 17.5 Å². The van der Waals surface area contributed by atoms with E-state index in [2.05, 4.69) is 10.3 Å². The average Bonchev–Trinajstić information content (AvgIpc) is 3.48. The maximum Gasteiger partial charge on any atom is 0.275 e. The fourth-order valence-electron chi connectivity index (χ4n) is 5.22. The van der Waals surface area contributed by atoms with Crippen molar-refractivity contribution in [1.82, 2.24) is 10.3 Å². The highest BCUT2D eigenvalue weighted by molar-refractivity contribution is 6.10. The molecule has 2 N–H and O–H groups in total. The molecule has 1 saturated carbocycles. The third-order valence-corrected chi connectivity index (χ3v) is 7.21. The van der Waals surface area contributed by atoms with Crippen LogP contribution in [0.3, 0.4) is 0 Å². The molecule has 1 aliphatic rings. The minimum absolute atomic E-state index is 0.0268. The predicted molar refractivity (Wildman–Crippen MR) is 150 cm³/mol. The normalized spacial score (nSPS) is 14.4. The van der Waals surface area contributed by atoms with Crippen molar-refractivity contribution in [1.29, 1.82) is 0 Å². The van der Waals surface area contributed by atoms with Crippen LogP contribution in [-0.4, -0.2) is 29.9 Å². The van der Waals surface area contributed by atoms with Crippen LogP contribution in [-0.2, 0) is 4.79 Å². The molecule has 200 valence electrons. The molecule has 2 amide bonds. The summed E-state index contributed by atoms with van der Waals surface area (Å²) < 4.78 is 19.6. The fourth-order valence-corrected chi connectivity index (χ4v) is 5.22. The van der Waals surface area contributed by atoms with Gasteiger partial charge in [-0.05, 0) is 60.4 Å². The van der Waals surface area contributed by atoms with Gasteiger partial charge in [0.1, 0.15) is 23.3 Å². The topological polar surface area (TPSA) is 74.4 Å². The first kappa shape index (κ1) is 26.2. The number of methoxy groups -OCH3 is 1. The molecule has 0 aliphatic heterocycles. The Morgan fingerprint density at radius 1 is 0.897 bits per heavy atom. The van der Waals surface area contributed by atoms with Crippen molar-refractivity contribution in [2.24, 2.45) is 0 Å². The van der Waals surface area contributed by atoms with Crippen LogP contribution in [0.25, 0.3) is 11.3 Å². The summed E-state index contributed by atoms with van der Waals surface area (Å²) >= 11 is 0. The number of aromatic amines is 1. The quantitative estimate of drug-likeness (QED) is 0.270. The molecule has 0 saturated heterocycles. The Labute approximate surface area is 227 Å². The van der Waals surface area contributed by atoms with E-state index in [1.807, 2.05) is 42.5 Å². The van der Waals surface area contributed by atoms with Crippen molar-refractivity contribution in [3.63, 3.8) is 0 Å². The number of amides is 2. The third kappa shape index (κ3) is 5.87. The number of benzene rings is 3. The fraction of sp³-hybridized carbons (Fsp3) is 0.250. The van der Waals surface area contributed by atoms with E-state index in [1.54, 1.807) is 36.4 Å². The molecule has 0 unspecified atom stereocenters. The maximum absolute atomic E-state index is 14.3. The molecule has 0 bridgehead atoms. The first-order valence-corrected chi connectivity index (χ1v) is 13.3. The molecule has 0 radical (unpaired) electrons. The molecule has 1 aliphatic carbocycles. The van der Waals surface area contributed by atoms with Crippen molar-refractivity contribution in [2.45, 2.75) is 44.2 Å². The van der Waals surface area contributed by atoms with Crippen LogP contribution in [0.1, 0.15) is 54.2 Å². The van der Waals surface area contributed by atoms with Crippen LogP contribution >= 0.6 is 0 Å². The second-order valence-electron chi connectivity index (χ2n) is 9.80. The van der Waals surface area contributed by atoms with Gasteiger partial charge in [0, 0.05) is 11.7 Å². The van der Waals surface area contributed by atoms with Gasteiger partial charge in [-0.3, -0.25) is 14.5 Å². The Hall–Kier alpha value is -4.39. The number of anilines is 1. The molecule has 1 atom stereocenters. The van der Waals surface area contributed by atoms with Gasteiger partial charge in [0.05, 0.1) is 12.8 Å². The summed E-state index contributed by atoms with van der Waals surface area (Å²) in [4.78, 5) is 33.0. The Bertz CT molecular complexity index is 1410. The lowest BCUT2D eigenvalue weighted by atomic mass is 9.94. The molecule has 1 heterocycles. The van der Waals surface area contributed by atoms with E-state index in [0.29, 0.717) is 22.7 Å². The van der Waals surface area contributed by atoms with E-state index < -0.39 is 17.8 Å². The number of aromatic nitrogens is 1. The van der Waals surface area contributed by atoms with Gasteiger partial charge < -0.3 is 15.0 Å². The van der Waals surface area contributed by atoms with Crippen LogP contribution in [0.15, 0.2) is 91.0 Å². The third-order valence-electron chi connectivity index (χ3n) is 7.21. The molecule has 0 spiro atoms. The molecule has 4 aromatic rings. The highest BCUT2D eigenvalue weighted by Crippen LogP contribution is 2.36. The number of nitrogens with one attached hydrogen (secondary N) is 2. The van der Waals surface area contributed by atoms with Gasteiger partial charge in [-0.25, -0.2) is 4.39 Å². The lowest BCUT2D eigenvalue weighted by Gasteiger charge is -2.34. The zero-order valence-electron chi connectivity index (χ0n) is 21.9. The second kappa shape index (κ2) is 12.0. The number of carbonyl (C=O) groups is 2. The van der Waals surface area contributed by atoms with Crippen LogP contribution in [0, 0.1) is 5.82 Å². The molecule has 6 nitrogen and oxygen atoms in total. The Morgan fingerprint density at radius 2 is 1.59 bits per heavy atom. The van der Waals surface area contributed by atoms with Gasteiger partial charge in [-0.1, -0.05) is 73.9 Å². The number of carbonyl (C=O) groups excluding carboxylic acids is 2. The number of halogens is 1. The summed E-state index contributed by atoms with van der Waals surface area (Å²) in [6.07, 6.45) is 5.03. The molecule has 1 fully saturated rings. The van der Waals surface area contributed by atoms with Crippen molar-refractivity contribution in [3.8, 4) is 17.0 Å². The van der Waals surface area contributed by atoms with Gasteiger partial charge in [-0.15, -0.1) is 0 Å². The highest BCUT2D eigenvalue weighted by Gasteiger charge is 2.36. The van der Waals surface area contributed by atoms with Crippen LogP contribution in [0.4, 0.5) is 10.1 Å². The summed E-state index contributed by atoms with van der Waals surface area (Å²) in [7, 11) is 1.53. The second-order valence-corrected chi connectivity index (χ2v) is 9.80. The largest absolute Gasteiger partial charge is 0.495 e. The number of hydrogen-bond acceptors (Lipinski definition) is 3. The summed E-state index contributed by atoms with van der Waals surface area (Å²) in [6, 6.07) is 25.1. The van der Waals surface area contributed by atoms with E-state index >= 15 is 0 Å². The van der Waals surface area contributed by atoms with Crippen molar-refractivity contribution < 1.29 is 18.7 Å². The van der Waals surface area contributed by atoms with Gasteiger partial charge in [0.25, 0.3) is 5.91 Å². The zero-order chi connectivity index (χ0) is 27.2. The number of nitrogens with zero attached hydrogens (tertiary/aromatic N) is 1. The molecule has 3 aromatic carbocycles. The van der Waals surface area contributed by atoms with Crippen LogP contribution in [0.5, 0.6) is 5.75 Å². The SMILES string of the molecule is COc1ccccc1N(C(=O)c1ccc(-c2ccccc2)[nH]1)[C@@H](C(=O)NC1CCCCC1)c1ccc(F)cc1. The average molecular weight is 526 g/mol. The smallest absolute Gasteiger partial charge is 0.275 e. The van der Waals surface area contributed by atoms with Crippen LogP contribution in [0.2, 0.25) is 0 Å². The van der Waals surface area contributed by atoms with Gasteiger partial charge in [-0.2, -0.15) is 0 Å². The van der Waals surface area contributed by atoms with E-state index in [1.165, 1.54) is 24.1 Å². The Morgan fingerprint density at radius 3 is 2.31 bits per heavy atom. The minimum Gasteiger partial charge on any atom is -0.495 e. The number of rotatable bonds is 8. The van der Waals surface area contributed by atoms with Crippen molar-refractivity contribution in [2.75, 3.05) is 12.0 Å². The van der Waals surface area contributed by atoms with E-state index in [4.69, 9.17) is 4.74 Å². The number of hydrogen-bond donors (Lipinski definition) is 2. The number of H-pyrrole nitrogens is 1. The summed E-state index contributed by atoms with van der Waals surface area (Å²) in [5, 5.41) is 3.18. The highest BCUT2D eigenvalue weighted by atomic mass is 19.1. The molecule has 5 rings (SSSR count). The van der Waals surface area contributed by atoms with E-state index in [9.17, 15) is 14.0 Å². The van der Waals surface area contributed by atoms with Gasteiger partial charge >= 0.3 is 0 Å². The number of para-hydroxylation sites is 2. The molecular weight excluding hydrogens is 493 g/mol. The standard InChI is InChI=1S/C32H32FN3O3/c1-39-29-15-9-8-14-28(29)36(32(38)27-21-20-26(35-27)22-10-4-2-5-11-22)30(23-16-18-24(33)19-17-23)31(37)34-25-12-6-3-7-13-25/h2,4-5,8-11,14-21,25,30,35H,3,6-7,12-13H2,1H3,(H,34,37)/t30-/m1/s1. The first-order valence-electron chi connectivity index (χ1n) is 13.3. The molecule has 7 heteroatoms. The zero-order valence-corrected chi connectivity index (χ0v) is 21.9. The van der Waals surface area contributed by atoms with Crippen molar-refractivity contribution in [3.05, 3.63) is 108 Å². The monoisotopic (exact) mass is 525 g/mol. The minimum atomic E-state index is -1.06. The van der Waals surface area contributed by atoms with Crippen LogP contribution < -0.4 is 15.0 Å².